The zero-order valence-corrected chi connectivity index (χ0v) is 11.3. The Morgan fingerprint density at radius 2 is 1.89 bits per heavy atom. The molecule has 92 valence electrons. The summed E-state index contributed by atoms with van der Waals surface area (Å²) in [5, 5.41) is 1.28. The number of nitrogens with zero attached hydrogens (tertiary/aromatic N) is 1. The number of benzene rings is 1. The molecule has 1 aromatic heterocycles. The summed E-state index contributed by atoms with van der Waals surface area (Å²) in [4.78, 5) is 0. The molecule has 2 rings (SSSR count). The van der Waals surface area contributed by atoms with E-state index >= 15 is 0 Å². The molecule has 0 aliphatic heterocycles. The van der Waals surface area contributed by atoms with Gasteiger partial charge in [-0.3, -0.25) is 0 Å². The van der Waals surface area contributed by atoms with Gasteiger partial charge in [0.1, 0.15) is 0 Å². The minimum absolute atomic E-state index is 1.00. The Kier molecular flexibility index (Phi) is 3.52. The van der Waals surface area contributed by atoms with Gasteiger partial charge in [-0.1, -0.05) is 43.0 Å². The Morgan fingerprint density at radius 1 is 1.17 bits per heavy atom. The van der Waals surface area contributed by atoms with E-state index in [1.807, 2.05) is 26.0 Å². The molecule has 18 heavy (non-hydrogen) atoms. The normalized spacial score (nSPS) is 11.9. The van der Waals surface area contributed by atoms with Crippen LogP contribution < -0.4 is 0 Å². The SMILES string of the molecule is C=C(/C=C\C)n1c(C)c(/C=C\C)c2ccccc21. The summed E-state index contributed by atoms with van der Waals surface area (Å²) in [5.74, 6) is 0. The molecule has 1 aromatic carbocycles. The van der Waals surface area contributed by atoms with E-state index in [1.54, 1.807) is 0 Å². The average Bonchev–Trinajstić information content (AvgIpc) is 2.64. The second-order valence-electron chi connectivity index (χ2n) is 4.34. The van der Waals surface area contributed by atoms with Gasteiger partial charge in [0, 0.05) is 22.3 Å². The van der Waals surface area contributed by atoms with Crippen LogP contribution >= 0.6 is 0 Å². The largest absolute Gasteiger partial charge is 0.314 e. The molecule has 0 aliphatic rings. The van der Waals surface area contributed by atoms with Crippen molar-refractivity contribution in [3.8, 4) is 0 Å². The van der Waals surface area contributed by atoms with Crippen LogP contribution in [0, 0.1) is 6.92 Å². The van der Waals surface area contributed by atoms with Gasteiger partial charge in [-0.05, 0) is 32.9 Å². The van der Waals surface area contributed by atoms with Crippen molar-refractivity contribution in [3.05, 3.63) is 60.3 Å². The lowest BCUT2D eigenvalue weighted by atomic mass is 10.1. The first kappa shape index (κ1) is 12.4. The lowest BCUT2D eigenvalue weighted by Crippen LogP contribution is -1.95. The van der Waals surface area contributed by atoms with Crippen molar-refractivity contribution in [1.29, 1.82) is 0 Å². The Morgan fingerprint density at radius 3 is 2.56 bits per heavy atom. The van der Waals surface area contributed by atoms with E-state index in [0.717, 1.165) is 5.70 Å². The van der Waals surface area contributed by atoms with Gasteiger partial charge >= 0.3 is 0 Å². The number of fused-ring (bicyclic) bond motifs is 1. The number of hydrogen-bond acceptors (Lipinski definition) is 0. The predicted octanol–water partition coefficient (Wildman–Crippen LogP) is 5.03. The van der Waals surface area contributed by atoms with Gasteiger partial charge in [-0.15, -0.1) is 0 Å². The van der Waals surface area contributed by atoms with E-state index < -0.39 is 0 Å². The second-order valence-corrected chi connectivity index (χ2v) is 4.34. The Hall–Kier alpha value is -2.02. The van der Waals surface area contributed by atoms with Crippen LogP contribution in [0.1, 0.15) is 25.1 Å². The first-order valence-corrected chi connectivity index (χ1v) is 6.25. The zero-order valence-electron chi connectivity index (χ0n) is 11.3. The van der Waals surface area contributed by atoms with E-state index in [0.29, 0.717) is 0 Å². The van der Waals surface area contributed by atoms with Crippen molar-refractivity contribution in [2.24, 2.45) is 0 Å². The van der Waals surface area contributed by atoms with Gasteiger partial charge in [-0.25, -0.2) is 0 Å². The van der Waals surface area contributed by atoms with E-state index in [2.05, 4.69) is 54.5 Å². The standard InChI is InChI=1S/C17H19N/c1-5-9-13(3)18-14(4)15(10-6-2)16-11-7-8-12-17(16)18/h5-12H,3H2,1-2,4H3/b9-5-,10-6-. The van der Waals surface area contributed by atoms with Crippen LogP contribution in [0.5, 0.6) is 0 Å². The third-order valence-electron chi connectivity index (χ3n) is 3.14. The molecule has 1 nitrogen and oxygen atoms in total. The van der Waals surface area contributed by atoms with Crippen LogP contribution in [0.2, 0.25) is 0 Å². The van der Waals surface area contributed by atoms with Crippen LogP contribution in [0.25, 0.3) is 22.7 Å². The number of hydrogen-bond donors (Lipinski definition) is 0. The summed E-state index contributed by atoms with van der Waals surface area (Å²) in [6.07, 6.45) is 8.30. The molecule has 0 fully saturated rings. The number of aromatic nitrogens is 1. The summed E-state index contributed by atoms with van der Waals surface area (Å²) in [5.41, 5.74) is 4.73. The third kappa shape index (κ3) is 1.92. The van der Waals surface area contributed by atoms with Crippen molar-refractivity contribution in [2.75, 3.05) is 0 Å². The van der Waals surface area contributed by atoms with E-state index in [1.165, 1.54) is 22.2 Å². The monoisotopic (exact) mass is 237 g/mol. The van der Waals surface area contributed by atoms with Crippen molar-refractivity contribution >= 4 is 22.7 Å². The van der Waals surface area contributed by atoms with Gasteiger partial charge in [0.2, 0.25) is 0 Å². The maximum Gasteiger partial charge on any atom is 0.0537 e. The molecule has 0 amide bonds. The fourth-order valence-electron chi connectivity index (χ4n) is 2.41. The highest BCUT2D eigenvalue weighted by molar-refractivity contribution is 5.94. The second kappa shape index (κ2) is 5.09. The van der Waals surface area contributed by atoms with E-state index in [4.69, 9.17) is 0 Å². The average molecular weight is 237 g/mol. The third-order valence-corrected chi connectivity index (χ3v) is 3.14. The molecule has 0 atom stereocenters. The van der Waals surface area contributed by atoms with Crippen molar-refractivity contribution in [3.63, 3.8) is 0 Å². The summed E-state index contributed by atoms with van der Waals surface area (Å²) in [7, 11) is 0. The van der Waals surface area contributed by atoms with Gasteiger partial charge in [0.25, 0.3) is 0 Å². The Balaban J connectivity index is 2.81. The van der Waals surface area contributed by atoms with E-state index in [-0.39, 0.29) is 0 Å². The van der Waals surface area contributed by atoms with Gasteiger partial charge in [-0.2, -0.15) is 0 Å². The number of rotatable bonds is 3. The van der Waals surface area contributed by atoms with Crippen LogP contribution in [0.4, 0.5) is 0 Å². The molecule has 0 N–H and O–H groups in total. The molecule has 0 bridgehead atoms. The molecule has 2 aromatic rings. The van der Waals surface area contributed by atoms with Crippen molar-refractivity contribution in [1.82, 2.24) is 4.57 Å². The minimum atomic E-state index is 1.00. The van der Waals surface area contributed by atoms with Gasteiger partial charge in [0.15, 0.2) is 0 Å². The number of allylic oxidation sites excluding steroid dienone is 4. The molecular formula is C17H19N. The summed E-state index contributed by atoms with van der Waals surface area (Å²) >= 11 is 0. The van der Waals surface area contributed by atoms with Crippen molar-refractivity contribution < 1.29 is 0 Å². The molecule has 1 heterocycles. The highest BCUT2D eigenvalue weighted by Gasteiger charge is 2.11. The predicted molar refractivity (Wildman–Crippen MR) is 81.5 cm³/mol. The van der Waals surface area contributed by atoms with Gasteiger partial charge < -0.3 is 4.57 Å². The topological polar surface area (TPSA) is 4.93 Å². The van der Waals surface area contributed by atoms with Crippen LogP contribution in [0.3, 0.4) is 0 Å². The molecule has 0 saturated heterocycles. The lowest BCUT2D eigenvalue weighted by molar-refractivity contribution is 1.09. The summed E-state index contributed by atoms with van der Waals surface area (Å²) < 4.78 is 2.21. The smallest absolute Gasteiger partial charge is 0.0537 e. The van der Waals surface area contributed by atoms with Crippen molar-refractivity contribution in [2.45, 2.75) is 20.8 Å². The molecule has 0 saturated carbocycles. The minimum Gasteiger partial charge on any atom is -0.314 e. The molecule has 0 aliphatic carbocycles. The molecular weight excluding hydrogens is 218 g/mol. The fraction of sp³-hybridized carbons (Fsp3) is 0.176. The molecule has 1 heteroatoms. The highest BCUT2D eigenvalue weighted by Crippen LogP contribution is 2.29. The maximum atomic E-state index is 4.15. The lowest BCUT2D eigenvalue weighted by Gasteiger charge is -2.07. The van der Waals surface area contributed by atoms with Crippen LogP contribution in [-0.4, -0.2) is 4.57 Å². The van der Waals surface area contributed by atoms with E-state index in [9.17, 15) is 0 Å². The van der Waals surface area contributed by atoms with Crippen LogP contribution in [-0.2, 0) is 0 Å². The Bertz CT molecular complexity index is 639. The summed E-state index contributed by atoms with van der Waals surface area (Å²) in [6.45, 7) is 10.4. The van der Waals surface area contributed by atoms with Crippen LogP contribution in [0.15, 0.2) is 49.1 Å². The quantitative estimate of drug-likeness (QED) is 0.660. The molecule has 0 spiro atoms. The first-order valence-electron chi connectivity index (χ1n) is 6.25. The molecule has 0 radical (unpaired) electrons. The highest BCUT2D eigenvalue weighted by atomic mass is 15.0. The fourth-order valence-corrected chi connectivity index (χ4v) is 2.41. The van der Waals surface area contributed by atoms with Gasteiger partial charge in [0.05, 0.1) is 5.52 Å². The Labute approximate surface area is 109 Å². The first-order chi connectivity index (χ1) is 8.70. The zero-order chi connectivity index (χ0) is 13.1. The molecule has 0 unspecified atom stereocenters. The number of para-hydroxylation sites is 1. The summed E-state index contributed by atoms with van der Waals surface area (Å²) in [6, 6.07) is 8.46. The maximum absolute atomic E-state index is 4.15.